The SMILES string of the molecule is CC(C)N1CCN(C(=O)c2ccc3c(c2)cc(C(=O)N2CCC(F)(F)CC2)n3Cc2ccccc2)CC1. The van der Waals surface area contributed by atoms with Crippen LogP contribution in [0.2, 0.25) is 0 Å². The number of carbonyl (C=O) groups is 2. The Morgan fingerprint density at radius 3 is 2.14 bits per heavy atom. The highest BCUT2D eigenvalue weighted by Gasteiger charge is 2.36. The molecule has 0 radical (unpaired) electrons. The van der Waals surface area contributed by atoms with Gasteiger partial charge in [-0.3, -0.25) is 14.5 Å². The topological polar surface area (TPSA) is 48.8 Å². The number of hydrogen-bond donors (Lipinski definition) is 0. The molecule has 2 aliphatic heterocycles. The van der Waals surface area contributed by atoms with Gasteiger partial charge in [0.25, 0.3) is 17.7 Å². The molecule has 1 aromatic heterocycles. The molecule has 0 aliphatic carbocycles. The molecule has 2 fully saturated rings. The summed E-state index contributed by atoms with van der Waals surface area (Å²) in [5, 5.41) is 0.799. The standard InChI is InChI=1S/C29H34F2N4O2/c1-21(2)32-14-16-34(17-15-32)27(36)23-8-9-25-24(18-23)19-26(35(25)20-22-6-4-3-5-7-22)28(37)33-12-10-29(30,31)11-13-33/h3-9,18-19,21H,10-17,20H2,1-2H3. The van der Waals surface area contributed by atoms with Gasteiger partial charge in [-0.05, 0) is 43.7 Å². The highest BCUT2D eigenvalue weighted by Crippen LogP contribution is 2.30. The summed E-state index contributed by atoms with van der Waals surface area (Å²) < 4.78 is 29.4. The molecule has 0 spiro atoms. The number of aromatic nitrogens is 1. The van der Waals surface area contributed by atoms with Gasteiger partial charge in [0.1, 0.15) is 5.69 Å². The van der Waals surface area contributed by atoms with Crippen molar-refractivity contribution in [2.24, 2.45) is 0 Å². The molecule has 196 valence electrons. The minimum absolute atomic E-state index is 0.00717. The zero-order chi connectivity index (χ0) is 26.2. The average Bonchev–Trinajstić information content (AvgIpc) is 3.26. The maximum absolute atomic E-state index is 13.7. The van der Waals surface area contributed by atoms with Crippen LogP contribution < -0.4 is 0 Å². The van der Waals surface area contributed by atoms with Crippen molar-refractivity contribution in [3.05, 3.63) is 71.4 Å². The number of rotatable bonds is 5. The van der Waals surface area contributed by atoms with Crippen molar-refractivity contribution >= 4 is 22.7 Å². The van der Waals surface area contributed by atoms with E-state index in [1.807, 2.05) is 58.0 Å². The summed E-state index contributed by atoms with van der Waals surface area (Å²) in [6.45, 7) is 7.95. The molecule has 0 saturated carbocycles. The number of halogens is 2. The van der Waals surface area contributed by atoms with Gasteiger partial charge >= 0.3 is 0 Å². The Labute approximate surface area is 216 Å². The van der Waals surface area contributed by atoms with E-state index in [2.05, 4.69) is 18.7 Å². The molecule has 2 saturated heterocycles. The third-order valence-corrected chi connectivity index (χ3v) is 7.66. The highest BCUT2D eigenvalue weighted by molar-refractivity contribution is 6.02. The Morgan fingerprint density at radius 1 is 0.838 bits per heavy atom. The van der Waals surface area contributed by atoms with E-state index in [1.54, 1.807) is 6.07 Å². The molecule has 0 atom stereocenters. The van der Waals surface area contributed by atoms with Crippen LogP contribution in [-0.4, -0.2) is 82.3 Å². The normalized spacial score (nSPS) is 18.5. The molecule has 0 N–H and O–H groups in total. The number of hydrogen-bond acceptors (Lipinski definition) is 3. The lowest BCUT2D eigenvalue weighted by atomic mass is 10.1. The van der Waals surface area contributed by atoms with Gasteiger partial charge in [-0.15, -0.1) is 0 Å². The van der Waals surface area contributed by atoms with E-state index in [0.29, 0.717) is 36.9 Å². The van der Waals surface area contributed by atoms with Crippen LogP contribution in [0.3, 0.4) is 0 Å². The number of alkyl halides is 2. The van der Waals surface area contributed by atoms with E-state index in [1.165, 1.54) is 4.90 Å². The highest BCUT2D eigenvalue weighted by atomic mass is 19.3. The number of amides is 2. The summed E-state index contributed by atoms with van der Waals surface area (Å²) in [7, 11) is 0. The third-order valence-electron chi connectivity index (χ3n) is 7.66. The predicted molar refractivity (Wildman–Crippen MR) is 140 cm³/mol. The van der Waals surface area contributed by atoms with Crippen LogP contribution in [-0.2, 0) is 6.54 Å². The zero-order valence-electron chi connectivity index (χ0n) is 21.5. The van der Waals surface area contributed by atoms with Gasteiger partial charge in [-0.1, -0.05) is 30.3 Å². The van der Waals surface area contributed by atoms with E-state index in [-0.39, 0.29) is 37.7 Å². The molecule has 2 amide bonds. The second-order valence-corrected chi connectivity index (χ2v) is 10.4. The molecule has 3 heterocycles. The largest absolute Gasteiger partial charge is 0.337 e. The quantitative estimate of drug-likeness (QED) is 0.501. The van der Waals surface area contributed by atoms with Crippen molar-refractivity contribution in [2.75, 3.05) is 39.3 Å². The summed E-state index contributed by atoms with van der Waals surface area (Å²) in [4.78, 5) is 32.6. The van der Waals surface area contributed by atoms with Gasteiger partial charge in [-0.2, -0.15) is 0 Å². The number of carbonyl (C=O) groups excluding carboxylic acids is 2. The summed E-state index contributed by atoms with van der Waals surface area (Å²) in [6, 6.07) is 17.7. The lowest BCUT2D eigenvalue weighted by Crippen LogP contribution is -2.50. The molecule has 2 aliphatic rings. The van der Waals surface area contributed by atoms with Crippen LogP contribution in [0.4, 0.5) is 8.78 Å². The molecule has 6 nitrogen and oxygen atoms in total. The molecule has 2 aromatic carbocycles. The molecule has 37 heavy (non-hydrogen) atoms. The predicted octanol–water partition coefficient (Wildman–Crippen LogP) is 4.73. The first-order valence-corrected chi connectivity index (χ1v) is 13.1. The fourth-order valence-corrected chi connectivity index (χ4v) is 5.34. The number of likely N-dealkylation sites (tertiary alicyclic amines) is 1. The minimum atomic E-state index is -2.72. The summed E-state index contributed by atoms with van der Waals surface area (Å²) >= 11 is 0. The van der Waals surface area contributed by atoms with Gasteiger partial charge in [0, 0.05) is 81.2 Å². The van der Waals surface area contributed by atoms with Crippen LogP contribution in [0.1, 0.15) is 53.1 Å². The second-order valence-electron chi connectivity index (χ2n) is 10.4. The Kier molecular flexibility index (Phi) is 7.03. The molecule has 0 bridgehead atoms. The van der Waals surface area contributed by atoms with E-state index >= 15 is 0 Å². The Balaban J connectivity index is 1.45. The maximum Gasteiger partial charge on any atom is 0.270 e. The van der Waals surface area contributed by atoms with E-state index in [4.69, 9.17) is 0 Å². The lowest BCUT2D eigenvalue weighted by molar-refractivity contribution is -0.0495. The number of benzene rings is 2. The van der Waals surface area contributed by atoms with Crippen molar-refractivity contribution in [2.45, 2.75) is 45.2 Å². The molecule has 0 unspecified atom stereocenters. The van der Waals surface area contributed by atoms with Crippen molar-refractivity contribution in [1.82, 2.24) is 19.3 Å². The number of nitrogens with zero attached hydrogens (tertiary/aromatic N) is 4. The van der Waals surface area contributed by atoms with Gasteiger partial charge in [0.15, 0.2) is 0 Å². The molecular weight excluding hydrogens is 474 g/mol. The van der Waals surface area contributed by atoms with Crippen LogP contribution in [0.5, 0.6) is 0 Å². The average molecular weight is 509 g/mol. The number of piperidine rings is 1. The van der Waals surface area contributed by atoms with Gasteiger partial charge in [0.2, 0.25) is 0 Å². The number of fused-ring (bicyclic) bond motifs is 1. The summed E-state index contributed by atoms with van der Waals surface area (Å²) in [5.41, 5.74) is 2.93. The first kappa shape index (κ1) is 25.4. The summed E-state index contributed by atoms with van der Waals surface area (Å²) in [6.07, 6.45) is -0.638. The fourth-order valence-electron chi connectivity index (χ4n) is 5.34. The minimum Gasteiger partial charge on any atom is -0.337 e. The van der Waals surface area contributed by atoms with E-state index in [0.717, 1.165) is 29.6 Å². The molecule has 8 heteroatoms. The van der Waals surface area contributed by atoms with Gasteiger partial charge in [-0.25, -0.2) is 8.78 Å². The van der Waals surface area contributed by atoms with Crippen molar-refractivity contribution in [1.29, 1.82) is 0 Å². The Bertz CT molecular complexity index is 1270. The van der Waals surface area contributed by atoms with Crippen LogP contribution in [0.25, 0.3) is 10.9 Å². The Hall–Kier alpha value is -3.26. The van der Waals surface area contributed by atoms with Crippen molar-refractivity contribution in [3.63, 3.8) is 0 Å². The van der Waals surface area contributed by atoms with Crippen LogP contribution in [0, 0.1) is 0 Å². The van der Waals surface area contributed by atoms with Crippen molar-refractivity contribution in [3.8, 4) is 0 Å². The smallest absolute Gasteiger partial charge is 0.270 e. The second kappa shape index (κ2) is 10.2. The first-order valence-electron chi connectivity index (χ1n) is 13.1. The van der Waals surface area contributed by atoms with Crippen LogP contribution >= 0.6 is 0 Å². The maximum atomic E-state index is 13.7. The molecule has 5 rings (SSSR count). The molecule has 3 aromatic rings. The first-order chi connectivity index (χ1) is 17.7. The zero-order valence-corrected chi connectivity index (χ0v) is 21.5. The Morgan fingerprint density at radius 2 is 1.49 bits per heavy atom. The van der Waals surface area contributed by atoms with Gasteiger partial charge < -0.3 is 14.4 Å². The van der Waals surface area contributed by atoms with E-state index < -0.39 is 5.92 Å². The number of piperazine rings is 1. The van der Waals surface area contributed by atoms with Crippen molar-refractivity contribution < 1.29 is 18.4 Å². The van der Waals surface area contributed by atoms with Gasteiger partial charge in [0.05, 0.1) is 0 Å². The van der Waals surface area contributed by atoms with E-state index in [9.17, 15) is 18.4 Å². The molecular formula is C29H34F2N4O2. The van der Waals surface area contributed by atoms with Crippen LogP contribution in [0.15, 0.2) is 54.6 Å². The monoisotopic (exact) mass is 508 g/mol. The third kappa shape index (κ3) is 5.39. The summed E-state index contributed by atoms with van der Waals surface area (Å²) in [5.74, 6) is -2.98. The fraction of sp³-hybridized carbons (Fsp3) is 0.448. The lowest BCUT2D eigenvalue weighted by Gasteiger charge is -2.37.